The number of halogens is 3. The number of piperidine rings is 1. The molecule has 0 spiro atoms. The standard InChI is InChI=1S/C19H19F3N2O3/c20-14-10-15(23-18(26)27-12-13-4-2-1-3-5-13)17(25)11-16(14)24-8-6-19(21,22)7-9-24/h1-5,10-11,25H,6-9,12H2,(H,23,26). The minimum absolute atomic E-state index is 0.0186. The van der Waals surface area contributed by atoms with E-state index in [1.54, 1.807) is 24.3 Å². The monoisotopic (exact) mass is 380 g/mol. The largest absolute Gasteiger partial charge is 0.506 e. The van der Waals surface area contributed by atoms with Crippen molar-refractivity contribution in [2.45, 2.75) is 25.4 Å². The maximum atomic E-state index is 14.4. The molecule has 8 heteroatoms. The molecule has 0 unspecified atom stereocenters. The lowest BCUT2D eigenvalue weighted by Crippen LogP contribution is -2.39. The second-order valence-corrected chi connectivity index (χ2v) is 6.35. The Morgan fingerprint density at radius 3 is 2.52 bits per heavy atom. The molecular formula is C19H19F3N2O3. The van der Waals surface area contributed by atoms with Crippen LogP contribution in [0.5, 0.6) is 5.75 Å². The summed E-state index contributed by atoms with van der Waals surface area (Å²) in [6.07, 6.45) is -1.60. The van der Waals surface area contributed by atoms with Gasteiger partial charge in [0.05, 0.1) is 11.4 Å². The quantitative estimate of drug-likeness (QED) is 0.766. The molecule has 2 aromatic carbocycles. The van der Waals surface area contributed by atoms with Crippen molar-refractivity contribution < 1.29 is 27.8 Å². The van der Waals surface area contributed by atoms with Crippen molar-refractivity contribution in [1.82, 2.24) is 0 Å². The molecule has 0 aliphatic carbocycles. The number of anilines is 2. The highest BCUT2D eigenvalue weighted by Crippen LogP contribution is 2.36. The lowest BCUT2D eigenvalue weighted by atomic mass is 10.1. The van der Waals surface area contributed by atoms with Crippen molar-refractivity contribution in [3.63, 3.8) is 0 Å². The summed E-state index contributed by atoms with van der Waals surface area (Å²) in [4.78, 5) is 13.3. The zero-order valence-corrected chi connectivity index (χ0v) is 14.4. The number of benzene rings is 2. The summed E-state index contributed by atoms with van der Waals surface area (Å²) < 4.78 is 45.9. The lowest BCUT2D eigenvalue weighted by molar-refractivity contribution is -0.0221. The number of amides is 1. The molecular weight excluding hydrogens is 361 g/mol. The zero-order chi connectivity index (χ0) is 19.4. The molecule has 0 atom stereocenters. The number of rotatable bonds is 4. The normalized spacial score (nSPS) is 16.0. The molecule has 1 saturated heterocycles. The summed E-state index contributed by atoms with van der Waals surface area (Å²) in [7, 11) is 0. The summed E-state index contributed by atoms with van der Waals surface area (Å²) in [5.41, 5.74) is 0.642. The maximum absolute atomic E-state index is 14.4. The first-order valence-electron chi connectivity index (χ1n) is 8.47. The molecule has 144 valence electrons. The average molecular weight is 380 g/mol. The number of nitrogens with one attached hydrogen (secondary N) is 1. The molecule has 2 aromatic rings. The average Bonchev–Trinajstić information content (AvgIpc) is 2.64. The number of hydrogen-bond acceptors (Lipinski definition) is 4. The zero-order valence-electron chi connectivity index (χ0n) is 14.4. The van der Waals surface area contributed by atoms with E-state index < -0.39 is 17.8 Å². The molecule has 1 heterocycles. The van der Waals surface area contributed by atoms with Gasteiger partial charge in [-0.15, -0.1) is 0 Å². The van der Waals surface area contributed by atoms with Crippen LogP contribution in [-0.4, -0.2) is 30.2 Å². The van der Waals surface area contributed by atoms with Gasteiger partial charge >= 0.3 is 6.09 Å². The number of ether oxygens (including phenoxy) is 1. The van der Waals surface area contributed by atoms with Gasteiger partial charge in [-0.2, -0.15) is 0 Å². The van der Waals surface area contributed by atoms with E-state index in [2.05, 4.69) is 5.32 Å². The van der Waals surface area contributed by atoms with Crippen molar-refractivity contribution in [3.8, 4) is 5.75 Å². The molecule has 1 fully saturated rings. The Kier molecular flexibility index (Phi) is 5.43. The van der Waals surface area contributed by atoms with Crippen LogP contribution < -0.4 is 10.2 Å². The topological polar surface area (TPSA) is 61.8 Å². The first-order chi connectivity index (χ1) is 12.8. The minimum Gasteiger partial charge on any atom is -0.506 e. The fraction of sp³-hybridized carbons (Fsp3) is 0.316. The summed E-state index contributed by atoms with van der Waals surface area (Å²) in [5.74, 6) is -3.85. The third kappa shape index (κ3) is 4.84. The van der Waals surface area contributed by atoms with Gasteiger partial charge in [-0.1, -0.05) is 30.3 Å². The van der Waals surface area contributed by atoms with E-state index in [1.807, 2.05) is 6.07 Å². The fourth-order valence-corrected chi connectivity index (χ4v) is 2.84. The number of phenolic OH excluding ortho intramolecular Hbond substituents is 1. The molecule has 1 amide bonds. The van der Waals surface area contributed by atoms with Gasteiger partial charge in [0.15, 0.2) is 0 Å². The summed E-state index contributed by atoms with van der Waals surface area (Å²) in [6, 6.07) is 11.0. The van der Waals surface area contributed by atoms with E-state index in [-0.39, 0.29) is 49.7 Å². The van der Waals surface area contributed by atoms with Crippen molar-refractivity contribution >= 4 is 17.5 Å². The number of hydrogen-bond donors (Lipinski definition) is 2. The Balaban J connectivity index is 1.63. The third-order valence-corrected chi connectivity index (χ3v) is 4.35. The van der Waals surface area contributed by atoms with Gasteiger partial charge in [-0.25, -0.2) is 18.0 Å². The van der Waals surface area contributed by atoms with Crippen molar-refractivity contribution in [2.24, 2.45) is 0 Å². The van der Waals surface area contributed by atoms with Gasteiger partial charge in [0.25, 0.3) is 5.92 Å². The van der Waals surface area contributed by atoms with Crippen LogP contribution in [0.25, 0.3) is 0 Å². The molecule has 1 aliphatic rings. The van der Waals surface area contributed by atoms with E-state index in [9.17, 15) is 23.1 Å². The molecule has 1 aliphatic heterocycles. The van der Waals surface area contributed by atoms with E-state index in [4.69, 9.17) is 4.74 Å². The summed E-state index contributed by atoms with van der Waals surface area (Å²) in [5, 5.41) is 12.3. The molecule has 2 N–H and O–H groups in total. The van der Waals surface area contributed by atoms with Crippen molar-refractivity contribution in [3.05, 3.63) is 53.8 Å². The highest BCUT2D eigenvalue weighted by atomic mass is 19.3. The molecule has 0 aromatic heterocycles. The molecule has 27 heavy (non-hydrogen) atoms. The Labute approximate surface area is 154 Å². The van der Waals surface area contributed by atoms with E-state index in [0.717, 1.165) is 17.7 Å². The first-order valence-corrected chi connectivity index (χ1v) is 8.47. The predicted octanol–water partition coefficient (Wildman–Crippen LogP) is 4.52. The van der Waals surface area contributed by atoms with Crippen molar-refractivity contribution in [1.29, 1.82) is 0 Å². The van der Waals surface area contributed by atoms with Gasteiger partial charge < -0.3 is 14.7 Å². The number of carbonyl (C=O) groups excluding carboxylic acids is 1. The first kappa shape index (κ1) is 18.9. The molecule has 0 bridgehead atoms. The van der Waals surface area contributed by atoms with Gasteiger partial charge in [0.1, 0.15) is 18.2 Å². The van der Waals surface area contributed by atoms with Gasteiger partial charge in [-0.05, 0) is 5.56 Å². The van der Waals surface area contributed by atoms with Crippen LogP contribution in [0.15, 0.2) is 42.5 Å². The van der Waals surface area contributed by atoms with Crippen LogP contribution in [0.1, 0.15) is 18.4 Å². The van der Waals surface area contributed by atoms with Crippen LogP contribution in [0, 0.1) is 5.82 Å². The van der Waals surface area contributed by atoms with Gasteiger partial charge in [0.2, 0.25) is 0 Å². The van der Waals surface area contributed by atoms with Crippen LogP contribution in [-0.2, 0) is 11.3 Å². The van der Waals surface area contributed by atoms with Crippen molar-refractivity contribution in [2.75, 3.05) is 23.3 Å². The second kappa shape index (κ2) is 7.77. The number of aromatic hydroxyl groups is 1. The summed E-state index contributed by atoms with van der Waals surface area (Å²) >= 11 is 0. The molecule has 0 radical (unpaired) electrons. The third-order valence-electron chi connectivity index (χ3n) is 4.35. The predicted molar refractivity (Wildman–Crippen MR) is 94.7 cm³/mol. The molecule has 3 rings (SSSR count). The Morgan fingerprint density at radius 2 is 1.85 bits per heavy atom. The fourth-order valence-electron chi connectivity index (χ4n) is 2.84. The number of nitrogens with zero attached hydrogens (tertiary/aromatic N) is 1. The number of alkyl halides is 2. The highest BCUT2D eigenvalue weighted by molar-refractivity contribution is 5.87. The van der Waals surface area contributed by atoms with E-state index in [1.165, 1.54) is 4.90 Å². The molecule has 5 nitrogen and oxygen atoms in total. The Hall–Kier alpha value is -2.90. The SMILES string of the molecule is O=C(Nc1cc(F)c(N2CCC(F)(F)CC2)cc1O)OCc1ccccc1. The second-order valence-electron chi connectivity index (χ2n) is 6.35. The van der Waals surface area contributed by atoms with Gasteiger partial charge in [0, 0.05) is 38.1 Å². The smallest absolute Gasteiger partial charge is 0.412 e. The highest BCUT2D eigenvalue weighted by Gasteiger charge is 2.34. The van der Waals surface area contributed by atoms with Gasteiger partial charge in [-0.3, -0.25) is 5.32 Å². The maximum Gasteiger partial charge on any atom is 0.412 e. The molecule has 0 saturated carbocycles. The van der Waals surface area contributed by atoms with Crippen LogP contribution in [0.2, 0.25) is 0 Å². The summed E-state index contributed by atoms with van der Waals surface area (Å²) in [6.45, 7) is -0.0134. The van der Waals surface area contributed by atoms with E-state index in [0.29, 0.717) is 0 Å². The lowest BCUT2D eigenvalue weighted by Gasteiger charge is -2.33. The van der Waals surface area contributed by atoms with Crippen LogP contribution in [0.4, 0.5) is 29.3 Å². The number of carbonyl (C=O) groups is 1. The number of phenols is 1. The van der Waals surface area contributed by atoms with Crippen LogP contribution >= 0.6 is 0 Å². The Morgan fingerprint density at radius 1 is 1.19 bits per heavy atom. The minimum atomic E-state index is -2.75. The Bertz CT molecular complexity index is 805. The van der Waals surface area contributed by atoms with Crippen LogP contribution in [0.3, 0.4) is 0 Å². The van der Waals surface area contributed by atoms with E-state index >= 15 is 0 Å².